The van der Waals surface area contributed by atoms with E-state index in [0.717, 1.165) is 28.8 Å². The van der Waals surface area contributed by atoms with Crippen molar-refractivity contribution in [2.75, 3.05) is 20.1 Å². The first-order valence-corrected chi connectivity index (χ1v) is 8.55. The van der Waals surface area contributed by atoms with Crippen LogP contribution in [0.1, 0.15) is 30.5 Å². The number of nitrogens with zero attached hydrogens (tertiary/aromatic N) is 1. The lowest BCUT2D eigenvalue weighted by Gasteiger charge is -2.20. The van der Waals surface area contributed by atoms with Crippen molar-refractivity contribution in [2.45, 2.75) is 39.1 Å². The van der Waals surface area contributed by atoms with E-state index in [-0.39, 0.29) is 0 Å². The topological polar surface area (TPSA) is 49.4 Å². The molecule has 0 aliphatic rings. The molecule has 1 aromatic carbocycles. The van der Waals surface area contributed by atoms with Crippen molar-refractivity contribution >= 4 is 10.0 Å². The van der Waals surface area contributed by atoms with E-state index >= 15 is 0 Å². The summed E-state index contributed by atoms with van der Waals surface area (Å²) in [7, 11) is -1.90. The Morgan fingerprint density at radius 3 is 2.48 bits per heavy atom. The minimum atomic E-state index is -3.49. The van der Waals surface area contributed by atoms with Crippen molar-refractivity contribution in [3.05, 3.63) is 41.0 Å². The van der Waals surface area contributed by atoms with E-state index in [2.05, 4.69) is 11.9 Å². The van der Waals surface area contributed by atoms with Crippen LogP contribution < -0.4 is 5.32 Å². The molecule has 0 radical (unpaired) electrons. The summed E-state index contributed by atoms with van der Waals surface area (Å²) in [5.74, 6) is 0. The highest BCUT2D eigenvalue weighted by molar-refractivity contribution is 7.89. The van der Waals surface area contributed by atoms with Crippen molar-refractivity contribution in [1.29, 1.82) is 0 Å². The monoisotopic (exact) mass is 310 g/mol. The molecule has 0 aliphatic carbocycles. The molecule has 0 aromatic heterocycles. The Labute approximate surface area is 128 Å². The summed E-state index contributed by atoms with van der Waals surface area (Å²) in [5, 5.41) is 3.23. The zero-order valence-electron chi connectivity index (χ0n) is 13.7. The second-order valence-electron chi connectivity index (χ2n) is 5.53. The molecule has 0 spiro atoms. The molecule has 1 N–H and O–H groups in total. The summed E-state index contributed by atoms with van der Waals surface area (Å²) in [6.07, 6.45) is 0. The summed E-state index contributed by atoms with van der Waals surface area (Å²) in [5.41, 5.74) is 3.61. The van der Waals surface area contributed by atoms with Gasteiger partial charge >= 0.3 is 0 Å². The Morgan fingerprint density at radius 2 is 1.95 bits per heavy atom. The first-order valence-electron chi connectivity index (χ1n) is 7.11. The fourth-order valence-electron chi connectivity index (χ4n) is 2.17. The maximum atomic E-state index is 12.7. The van der Waals surface area contributed by atoms with Crippen LogP contribution in [-0.4, -0.2) is 32.9 Å². The Morgan fingerprint density at radius 1 is 1.33 bits per heavy atom. The summed E-state index contributed by atoms with van der Waals surface area (Å²) in [4.78, 5) is 0.388. The number of benzene rings is 1. The number of aryl methyl sites for hydroxylation is 1. The van der Waals surface area contributed by atoms with E-state index in [4.69, 9.17) is 0 Å². The molecule has 1 rings (SSSR count). The van der Waals surface area contributed by atoms with E-state index in [1.807, 2.05) is 33.8 Å². The summed E-state index contributed by atoms with van der Waals surface area (Å²) < 4.78 is 26.8. The first-order chi connectivity index (χ1) is 9.70. The molecule has 0 unspecified atom stereocenters. The van der Waals surface area contributed by atoms with Crippen LogP contribution in [0, 0.1) is 13.8 Å². The fourth-order valence-corrected chi connectivity index (χ4v) is 3.75. The molecule has 4 nitrogen and oxygen atoms in total. The zero-order valence-corrected chi connectivity index (χ0v) is 14.5. The van der Waals surface area contributed by atoms with Crippen LogP contribution in [0.5, 0.6) is 0 Å². The number of hydrogen-bond acceptors (Lipinski definition) is 3. The van der Waals surface area contributed by atoms with Crippen molar-refractivity contribution in [1.82, 2.24) is 9.62 Å². The highest BCUT2D eigenvalue weighted by atomic mass is 32.2. The lowest BCUT2D eigenvalue weighted by Crippen LogP contribution is -2.29. The molecule has 5 heteroatoms. The third-order valence-electron chi connectivity index (χ3n) is 3.44. The van der Waals surface area contributed by atoms with Crippen molar-refractivity contribution in [3.63, 3.8) is 0 Å². The van der Waals surface area contributed by atoms with Crippen molar-refractivity contribution < 1.29 is 8.42 Å². The summed E-state index contributed by atoms with van der Waals surface area (Å²) in [6, 6.07) is 3.81. The zero-order chi connectivity index (χ0) is 16.2. The average Bonchev–Trinajstić information content (AvgIpc) is 2.38. The maximum Gasteiger partial charge on any atom is 0.243 e. The minimum absolute atomic E-state index is 0.332. The molecule has 0 saturated carbocycles. The third kappa shape index (κ3) is 4.40. The van der Waals surface area contributed by atoms with E-state index in [1.54, 1.807) is 13.1 Å². The number of sulfonamides is 1. The van der Waals surface area contributed by atoms with Gasteiger partial charge in [0.1, 0.15) is 0 Å². The lowest BCUT2D eigenvalue weighted by molar-refractivity contribution is 0.492. The van der Waals surface area contributed by atoms with Crippen LogP contribution in [0.4, 0.5) is 0 Å². The van der Waals surface area contributed by atoms with E-state index < -0.39 is 10.0 Å². The average molecular weight is 310 g/mol. The van der Waals surface area contributed by atoms with Crippen LogP contribution >= 0.6 is 0 Å². The van der Waals surface area contributed by atoms with Crippen LogP contribution in [-0.2, 0) is 16.6 Å². The molecular weight excluding hydrogens is 284 g/mol. The van der Waals surface area contributed by atoms with Crippen LogP contribution in [0.2, 0.25) is 0 Å². The van der Waals surface area contributed by atoms with Gasteiger partial charge in [-0.15, -0.1) is 0 Å². The Hall–Kier alpha value is -1.17. The molecule has 0 bridgehead atoms. The van der Waals surface area contributed by atoms with Gasteiger partial charge in [0.05, 0.1) is 4.90 Å². The largest absolute Gasteiger partial charge is 0.313 e. The van der Waals surface area contributed by atoms with Crippen molar-refractivity contribution in [3.8, 4) is 0 Å². The first kappa shape index (κ1) is 17.9. The number of nitrogens with one attached hydrogen (secondary N) is 1. The predicted molar refractivity (Wildman–Crippen MR) is 87.9 cm³/mol. The highest BCUT2D eigenvalue weighted by Crippen LogP contribution is 2.24. The second-order valence-corrected chi connectivity index (χ2v) is 7.55. The number of likely N-dealkylation sites (N-methyl/N-ethyl adjacent to an activating group) is 1. The van der Waals surface area contributed by atoms with Gasteiger partial charge < -0.3 is 5.32 Å². The molecule has 0 saturated heterocycles. The van der Waals surface area contributed by atoms with E-state index in [1.165, 1.54) is 4.31 Å². The van der Waals surface area contributed by atoms with Crippen LogP contribution in [0.3, 0.4) is 0 Å². The van der Waals surface area contributed by atoms with Gasteiger partial charge in [0.25, 0.3) is 0 Å². The van der Waals surface area contributed by atoms with E-state index in [9.17, 15) is 8.42 Å². The van der Waals surface area contributed by atoms with Gasteiger partial charge in [0.15, 0.2) is 0 Å². The minimum Gasteiger partial charge on any atom is -0.313 e. The summed E-state index contributed by atoms with van der Waals surface area (Å²) >= 11 is 0. The van der Waals surface area contributed by atoms with Gasteiger partial charge in [-0.1, -0.05) is 25.1 Å². The molecule has 1 aromatic rings. The second kappa shape index (κ2) is 7.20. The van der Waals surface area contributed by atoms with Crippen LogP contribution in [0.25, 0.3) is 0 Å². The van der Waals surface area contributed by atoms with Crippen LogP contribution in [0.15, 0.2) is 29.2 Å². The molecule has 0 amide bonds. The van der Waals surface area contributed by atoms with Gasteiger partial charge in [0, 0.05) is 20.1 Å². The van der Waals surface area contributed by atoms with Gasteiger partial charge in [0.2, 0.25) is 10.0 Å². The Kier molecular flexibility index (Phi) is 6.13. The standard InChI is InChI=1S/C16H26N2O2S/c1-7-17-10-15-8-13(4)14(5)16(9-15)21(19,20)18(6)11-12(2)3/h8-9,17H,2,7,10-11H2,1,3-6H3. The molecule has 0 atom stereocenters. The highest BCUT2D eigenvalue weighted by Gasteiger charge is 2.24. The normalized spacial score (nSPS) is 11.9. The lowest BCUT2D eigenvalue weighted by atomic mass is 10.1. The van der Waals surface area contributed by atoms with Gasteiger partial charge in [-0.05, 0) is 50.1 Å². The third-order valence-corrected chi connectivity index (χ3v) is 5.37. The smallest absolute Gasteiger partial charge is 0.243 e. The van der Waals surface area contributed by atoms with Gasteiger partial charge in [-0.2, -0.15) is 4.31 Å². The number of hydrogen-bond donors (Lipinski definition) is 1. The summed E-state index contributed by atoms with van der Waals surface area (Å²) in [6.45, 7) is 13.3. The molecule has 0 heterocycles. The van der Waals surface area contributed by atoms with E-state index in [0.29, 0.717) is 18.0 Å². The molecular formula is C16H26N2O2S. The Bertz CT molecular complexity index is 621. The fraction of sp³-hybridized carbons (Fsp3) is 0.500. The number of rotatable bonds is 7. The van der Waals surface area contributed by atoms with Gasteiger partial charge in [-0.25, -0.2) is 8.42 Å². The SMILES string of the molecule is C=C(C)CN(C)S(=O)(=O)c1cc(CNCC)cc(C)c1C. The maximum absolute atomic E-state index is 12.7. The van der Waals surface area contributed by atoms with Crippen molar-refractivity contribution in [2.24, 2.45) is 0 Å². The van der Waals surface area contributed by atoms with Gasteiger partial charge in [-0.3, -0.25) is 0 Å². The molecule has 0 aliphatic heterocycles. The Balaban J connectivity index is 3.27. The predicted octanol–water partition coefficient (Wildman–Crippen LogP) is 2.61. The molecule has 118 valence electrons. The molecule has 21 heavy (non-hydrogen) atoms. The molecule has 0 fully saturated rings. The quantitative estimate of drug-likeness (QED) is 0.788.